The number of fused-ring (bicyclic) bond motifs is 1. The molecule has 0 aliphatic rings. The Kier molecular flexibility index (Phi) is 4.10. The van der Waals surface area contributed by atoms with Crippen molar-refractivity contribution in [3.05, 3.63) is 101 Å². The van der Waals surface area contributed by atoms with Gasteiger partial charge in [-0.3, -0.25) is 0 Å². The summed E-state index contributed by atoms with van der Waals surface area (Å²) in [6.07, 6.45) is 0.904. The van der Waals surface area contributed by atoms with Gasteiger partial charge in [0.05, 0.1) is 6.42 Å². The monoisotopic (exact) mass is 327 g/mol. The molecule has 0 aliphatic carbocycles. The maximum absolute atomic E-state index is 3.62. The van der Waals surface area contributed by atoms with Crippen LogP contribution in [-0.4, -0.2) is 4.98 Å². The van der Waals surface area contributed by atoms with E-state index < -0.39 is 0 Å². The molecule has 0 saturated heterocycles. The van der Waals surface area contributed by atoms with E-state index in [-0.39, 0.29) is 0 Å². The van der Waals surface area contributed by atoms with E-state index in [2.05, 4.69) is 96.2 Å². The highest BCUT2D eigenvalue weighted by molar-refractivity contribution is 5.71. The van der Waals surface area contributed by atoms with Crippen molar-refractivity contribution in [1.29, 1.82) is 0 Å². The lowest BCUT2D eigenvalue weighted by Gasteiger charge is -2.04. The number of benzene rings is 3. The summed E-state index contributed by atoms with van der Waals surface area (Å²) in [7, 11) is 0. The Labute approximate surface area is 148 Å². The van der Waals surface area contributed by atoms with E-state index in [9.17, 15) is 0 Å². The molecule has 0 atom stereocenters. The number of hydrogen-bond acceptors (Lipinski definition) is 0. The summed E-state index contributed by atoms with van der Waals surface area (Å²) < 4.78 is 2.40. The third-order valence-electron chi connectivity index (χ3n) is 4.75. The van der Waals surface area contributed by atoms with E-state index in [1.165, 1.54) is 39.1 Å². The Morgan fingerprint density at radius 2 is 1.32 bits per heavy atom. The smallest absolute Gasteiger partial charge is 0.240 e. The van der Waals surface area contributed by atoms with Crippen LogP contribution in [0.25, 0.3) is 11.0 Å². The molecule has 4 rings (SSSR count). The maximum Gasteiger partial charge on any atom is 0.259 e. The number of hydrogen-bond donors (Lipinski definition) is 1. The first-order valence-electron chi connectivity index (χ1n) is 8.79. The molecule has 25 heavy (non-hydrogen) atoms. The van der Waals surface area contributed by atoms with Gasteiger partial charge in [-0.25, -0.2) is 9.55 Å². The van der Waals surface area contributed by atoms with E-state index in [0.29, 0.717) is 0 Å². The number of nitrogens with one attached hydrogen (secondary N) is 1. The number of para-hydroxylation sites is 2. The predicted octanol–water partition coefficient (Wildman–Crippen LogP) is 4.71. The van der Waals surface area contributed by atoms with Crippen LogP contribution in [0.15, 0.2) is 72.8 Å². The molecule has 0 spiro atoms. The number of aromatic nitrogens is 2. The van der Waals surface area contributed by atoms with Crippen molar-refractivity contribution < 1.29 is 4.57 Å². The molecule has 0 bridgehead atoms. The summed E-state index contributed by atoms with van der Waals surface area (Å²) in [6.45, 7) is 5.14. The second-order valence-corrected chi connectivity index (χ2v) is 6.82. The van der Waals surface area contributed by atoms with Crippen molar-refractivity contribution in [2.45, 2.75) is 26.8 Å². The Hall–Kier alpha value is -2.87. The zero-order valence-corrected chi connectivity index (χ0v) is 14.8. The van der Waals surface area contributed by atoms with Gasteiger partial charge >= 0.3 is 0 Å². The number of H-pyrrole nitrogens is 1. The average molecular weight is 327 g/mol. The summed E-state index contributed by atoms with van der Waals surface area (Å²) in [5.74, 6) is 1.24. The van der Waals surface area contributed by atoms with Crippen molar-refractivity contribution in [1.82, 2.24) is 4.98 Å². The first-order valence-corrected chi connectivity index (χ1v) is 8.79. The van der Waals surface area contributed by atoms with Crippen molar-refractivity contribution in [2.75, 3.05) is 0 Å². The van der Waals surface area contributed by atoms with Crippen LogP contribution in [-0.2, 0) is 13.0 Å². The van der Waals surface area contributed by atoms with Crippen LogP contribution in [0.2, 0.25) is 0 Å². The summed E-state index contributed by atoms with van der Waals surface area (Å²) in [6, 6.07) is 26.2. The molecular formula is C23H23N2+. The molecule has 0 radical (unpaired) electrons. The molecule has 1 N–H and O–H groups in total. The molecule has 0 unspecified atom stereocenters. The summed E-state index contributed by atoms with van der Waals surface area (Å²) in [5.41, 5.74) is 7.70. The van der Waals surface area contributed by atoms with Gasteiger partial charge in [-0.15, -0.1) is 0 Å². The minimum Gasteiger partial charge on any atom is -0.240 e. The first-order chi connectivity index (χ1) is 12.2. The standard InChI is InChI=1S/C23H22N2/c1-17-7-11-19(12-8-17)15-23-24-21-5-3-4-6-22(21)25(23)16-20-13-9-18(2)10-14-20/h3-14H,15-16H2,1-2H3/p+1. The van der Waals surface area contributed by atoms with Gasteiger partial charge in [0, 0.05) is 0 Å². The Bertz CT molecular complexity index is 993. The number of aryl methyl sites for hydroxylation is 2. The highest BCUT2D eigenvalue weighted by Gasteiger charge is 2.18. The zero-order valence-electron chi connectivity index (χ0n) is 14.8. The van der Waals surface area contributed by atoms with Crippen LogP contribution in [0.4, 0.5) is 0 Å². The maximum atomic E-state index is 3.62. The highest BCUT2D eigenvalue weighted by Crippen LogP contribution is 2.14. The van der Waals surface area contributed by atoms with Crippen molar-refractivity contribution in [2.24, 2.45) is 0 Å². The van der Waals surface area contributed by atoms with Gasteiger partial charge in [0.1, 0.15) is 6.54 Å². The molecule has 0 saturated carbocycles. The van der Waals surface area contributed by atoms with Crippen LogP contribution in [0, 0.1) is 13.8 Å². The largest absolute Gasteiger partial charge is 0.259 e. The first kappa shape index (κ1) is 15.6. The van der Waals surface area contributed by atoms with Gasteiger partial charge < -0.3 is 0 Å². The molecular weight excluding hydrogens is 304 g/mol. The summed E-state index contributed by atoms with van der Waals surface area (Å²) >= 11 is 0. The third kappa shape index (κ3) is 3.34. The molecule has 4 aromatic rings. The van der Waals surface area contributed by atoms with Gasteiger partial charge in [-0.2, -0.15) is 0 Å². The second-order valence-electron chi connectivity index (χ2n) is 6.82. The van der Waals surface area contributed by atoms with Crippen LogP contribution in [0.3, 0.4) is 0 Å². The lowest BCUT2D eigenvalue weighted by atomic mass is 10.1. The second kappa shape index (κ2) is 6.56. The SMILES string of the molecule is Cc1ccc(Cc2[nH]c3ccccc3[n+]2Cc2ccc(C)cc2)cc1. The van der Waals surface area contributed by atoms with Gasteiger partial charge in [0.2, 0.25) is 0 Å². The van der Waals surface area contributed by atoms with Crippen LogP contribution >= 0.6 is 0 Å². The minimum absolute atomic E-state index is 0.880. The van der Waals surface area contributed by atoms with E-state index in [4.69, 9.17) is 0 Å². The topological polar surface area (TPSA) is 19.7 Å². The average Bonchev–Trinajstić information content (AvgIpc) is 2.96. The van der Waals surface area contributed by atoms with Crippen LogP contribution in [0.5, 0.6) is 0 Å². The molecule has 0 fully saturated rings. The van der Waals surface area contributed by atoms with Gasteiger partial charge in [0.15, 0.2) is 11.0 Å². The van der Waals surface area contributed by atoms with Crippen molar-refractivity contribution in [3.63, 3.8) is 0 Å². The molecule has 0 amide bonds. The number of rotatable bonds is 4. The fourth-order valence-electron chi connectivity index (χ4n) is 3.28. The van der Waals surface area contributed by atoms with Gasteiger partial charge in [0.25, 0.3) is 5.82 Å². The molecule has 2 nitrogen and oxygen atoms in total. The number of nitrogens with zero attached hydrogens (tertiary/aromatic N) is 1. The predicted molar refractivity (Wildman–Crippen MR) is 103 cm³/mol. The Balaban J connectivity index is 1.74. The molecule has 124 valence electrons. The molecule has 3 aromatic carbocycles. The minimum atomic E-state index is 0.880. The van der Waals surface area contributed by atoms with Gasteiger partial charge in [-0.05, 0) is 37.1 Å². The number of imidazole rings is 1. The fraction of sp³-hybridized carbons (Fsp3) is 0.174. The van der Waals surface area contributed by atoms with E-state index in [1.807, 2.05) is 0 Å². The van der Waals surface area contributed by atoms with Crippen molar-refractivity contribution in [3.8, 4) is 0 Å². The summed E-state index contributed by atoms with van der Waals surface area (Å²) in [5, 5.41) is 0. The number of aromatic amines is 1. The Morgan fingerprint density at radius 3 is 2.00 bits per heavy atom. The Morgan fingerprint density at radius 1 is 0.720 bits per heavy atom. The fourth-order valence-corrected chi connectivity index (χ4v) is 3.28. The van der Waals surface area contributed by atoms with Gasteiger partial charge in [-0.1, -0.05) is 71.8 Å². The van der Waals surface area contributed by atoms with E-state index in [0.717, 1.165) is 13.0 Å². The normalized spacial score (nSPS) is 11.1. The molecule has 2 heteroatoms. The lowest BCUT2D eigenvalue weighted by molar-refractivity contribution is -0.669. The summed E-state index contributed by atoms with van der Waals surface area (Å²) in [4.78, 5) is 3.62. The quantitative estimate of drug-likeness (QED) is 0.524. The molecule has 1 aromatic heterocycles. The third-order valence-corrected chi connectivity index (χ3v) is 4.75. The van der Waals surface area contributed by atoms with Crippen LogP contribution in [0.1, 0.15) is 28.1 Å². The molecule has 1 heterocycles. The molecule has 0 aliphatic heterocycles. The lowest BCUT2D eigenvalue weighted by Crippen LogP contribution is -2.37. The van der Waals surface area contributed by atoms with E-state index in [1.54, 1.807) is 0 Å². The van der Waals surface area contributed by atoms with E-state index >= 15 is 0 Å². The van der Waals surface area contributed by atoms with Crippen molar-refractivity contribution >= 4 is 11.0 Å². The zero-order chi connectivity index (χ0) is 17.2. The van der Waals surface area contributed by atoms with Crippen LogP contribution < -0.4 is 4.57 Å². The highest BCUT2D eigenvalue weighted by atomic mass is 15.1.